The van der Waals surface area contributed by atoms with Crippen LogP contribution in [0.25, 0.3) is 0 Å². The molecule has 0 saturated carbocycles. The molecule has 7 heteroatoms. The minimum atomic E-state index is -4.58. The Labute approximate surface area is 131 Å². The van der Waals surface area contributed by atoms with Gasteiger partial charge in [0.05, 0.1) is 12.2 Å². The third-order valence-corrected chi connectivity index (χ3v) is 8.97. The minimum absolute atomic E-state index is 0.0287. The van der Waals surface area contributed by atoms with Gasteiger partial charge >= 0.3 is 6.18 Å². The molecule has 1 aromatic rings. The van der Waals surface area contributed by atoms with Gasteiger partial charge < -0.3 is 4.43 Å². The molecule has 0 saturated heterocycles. The largest absolute Gasteiger partial charge is 0.417 e. The van der Waals surface area contributed by atoms with Crippen molar-refractivity contribution in [2.24, 2.45) is 0 Å². The quantitative estimate of drug-likeness (QED) is 0.448. The topological polar surface area (TPSA) is 9.23 Å². The Morgan fingerprint density at radius 3 is 2.10 bits per heavy atom. The lowest BCUT2D eigenvalue weighted by Crippen LogP contribution is -2.40. The van der Waals surface area contributed by atoms with E-state index >= 15 is 0 Å². The fourth-order valence-electron chi connectivity index (χ4n) is 1.39. The van der Waals surface area contributed by atoms with Gasteiger partial charge in [-0.25, -0.2) is 4.39 Å². The zero-order valence-corrected chi connectivity index (χ0v) is 15.2. The average Bonchev–Trinajstić information content (AvgIpc) is 2.26. The molecule has 21 heavy (non-hydrogen) atoms. The highest BCUT2D eigenvalue weighted by molar-refractivity contribution is 9.10. The summed E-state index contributed by atoms with van der Waals surface area (Å²) in [5.41, 5.74) is -0.893. The van der Waals surface area contributed by atoms with Crippen LogP contribution in [0.1, 0.15) is 31.9 Å². The molecule has 0 N–H and O–H groups in total. The summed E-state index contributed by atoms with van der Waals surface area (Å²) in [5, 5.41) is -0.0490. The summed E-state index contributed by atoms with van der Waals surface area (Å²) in [6, 6.07) is 1.65. The highest BCUT2D eigenvalue weighted by Gasteiger charge is 2.38. The second kappa shape index (κ2) is 6.00. The first kappa shape index (κ1) is 18.6. The second-order valence-corrected chi connectivity index (χ2v) is 12.1. The molecule has 0 spiro atoms. The molecule has 0 aliphatic heterocycles. The fourth-order valence-corrected chi connectivity index (χ4v) is 2.96. The summed E-state index contributed by atoms with van der Waals surface area (Å²) in [6.07, 6.45) is -4.58. The first-order valence-corrected chi connectivity index (χ1v) is 10.1. The van der Waals surface area contributed by atoms with Gasteiger partial charge in [0.2, 0.25) is 0 Å². The van der Waals surface area contributed by atoms with E-state index in [1.807, 2.05) is 33.9 Å². The van der Waals surface area contributed by atoms with Crippen molar-refractivity contribution in [1.82, 2.24) is 0 Å². The zero-order valence-electron chi connectivity index (χ0n) is 12.7. The normalized spacial score (nSPS) is 13.6. The van der Waals surface area contributed by atoms with Gasteiger partial charge in [-0.15, -0.1) is 0 Å². The molecule has 0 aliphatic rings. The number of benzene rings is 1. The lowest BCUT2D eigenvalue weighted by Gasteiger charge is -2.36. The summed E-state index contributed by atoms with van der Waals surface area (Å²) >= 11 is 2.85. The molecule has 0 bridgehead atoms. The molecule has 0 aliphatic carbocycles. The molecular weight excluding hydrogens is 368 g/mol. The van der Waals surface area contributed by atoms with Crippen molar-refractivity contribution in [3.05, 3.63) is 33.5 Å². The van der Waals surface area contributed by atoms with Crippen LogP contribution in [0, 0.1) is 5.82 Å². The van der Waals surface area contributed by atoms with Gasteiger partial charge in [-0.2, -0.15) is 13.2 Å². The Morgan fingerprint density at radius 2 is 1.67 bits per heavy atom. The van der Waals surface area contributed by atoms with Gasteiger partial charge in [0, 0.05) is 10.0 Å². The predicted octanol–water partition coefficient (Wildman–Crippen LogP) is 6.13. The maximum Gasteiger partial charge on any atom is 0.417 e. The highest BCUT2D eigenvalue weighted by Crippen LogP contribution is 2.39. The zero-order chi connectivity index (χ0) is 16.6. The van der Waals surface area contributed by atoms with Crippen molar-refractivity contribution in [3.63, 3.8) is 0 Å². The Morgan fingerprint density at radius 1 is 1.14 bits per heavy atom. The molecule has 0 heterocycles. The number of halogens is 5. The van der Waals surface area contributed by atoms with E-state index in [1.165, 1.54) is 0 Å². The Bertz CT molecular complexity index is 521. The van der Waals surface area contributed by atoms with Gasteiger partial charge in [0.1, 0.15) is 5.82 Å². The highest BCUT2D eigenvalue weighted by atomic mass is 79.9. The molecule has 120 valence electrons. The molecule has 0 aromatic heterocycles. The first-order valence-electron chi connectivity index (χ1n) is 6.45. The van der Waals surface area contributed by atoms with E-state index in [4.69, 9.17) is 4.43 Å². The van der Waals surface area contributed by atoms with Gasteiger partial charge in [-0.3, -0.25) is 0 Å². The lowest BCUT2D eigenvalue weighted by molar-refractivity contribution is -0.138. The van der Waals surface area contributed by atoms with E-state index in [0.717, 1.165) is 6.07 Å². The van der Waals surface area contributed by atoms with Gasteiger partial charge in [0.25, 0.3) is 0 Å². The maximum absolute atomic E-state index is 13.8. The van der Waals surface area contributed by atoms with E-state index in [2.05, 4.69) is 15.9 Å². The lowest BCUT2D eigenvalue weighted by atomic mass is 10.1. The van der Waals surface area contributed by atoms with E-state index in [9.17, 15) is 17.6 Å². The smallest absolute Gasteiger partial charge is 0.412 e. The second-order valence-electron chi connectivity index (χ2n) is 6.47. The van der Waals surface area contributed by atoms with Crippen molar-refractivity contribution >= 4 is 24.2 Å². The first-order chi connectivity index (χ1) is 9.25. The number of hydrogen-bond donors (Lipinski definition) is 0. The average molecular weight is 387 g/mol. The summed E-state index contributed by atoms with van der Waals surface area (Å²) in [5.74, 6) is -0.899. The number of hydrogen-bond acceptors (Lipinski definition) is 1. The monoisotopic (exact) mass is 386 g/mol. The fraction of sp³-hybridized carbons (Fsp3) is 0.571. The molecule has 0 radical (unpaired) electrons. The van der Waals surface area contributed by atoms with Gasteiger partial charge in [-0.1, -0.05) is 36.7 Å². The van der Waals surface area contributed by atoms with Crippen LogP contribution in [0.15, 0.2) is 16.6 Å². The van der Waals surface area contributed by atoms with Crippen LogP contribution < -0.4 is 0 Å². The molecule has 0 atom stereocenters. The van der Waals surface area contributed by atoms with Crippen LogP contribution in [0.2, 0.25) is 18.1 Å². The Kier molecular flexibility index (Phi) is 5.33. The van der Waals surface area contributed by atoms with Crippen molar-refractivity contribution < 1.29 is 22.0 Å². The maximum atomic E-state index is 13.8. The summed E-state index contributed by atoms with van der Waals surface area (Å²) < 4.78 is 57.5. The van der Waals surface area contributed by atoms with Crippen LogP contribution in [0.5, 0.6) is 0 Å². The summed E-state index contributed by atoms with van der Waals surface area (Å²) in [6.45, 7) is 10.1. The molecule has 1 nitrogen and oxygen atoms in total. The van der Waals surface area contributed by atoms with Crippen LogP contribution in [0.4, 0.5) is 17.6 Å². The van der Waals surface area contributed by atoms with Gasteiger partial charge in [-0.05, 0) is 30.3 Å². The number of alkyl halides is 3. The van der Waals surface area contributed by atoms with Crippen molar-refractivity contribution in [3.8, 4) is 0 Å². The molecule has 0 unspecified atom stereocenters. The Balaban J connectivity index is 3.00. The van der Waals surface area contributed by atoms with E-state index < -0.39 is 25.9 Å². The summed E-state index contributed by atoms with van der Waals surface area (Å²) in [7, 11) is -2.08. The third-order valence-electron chi connectivity index (χ3n) is 3.84. The van der Waals surface area contributed by atoms with Crippen LogP contribution in [-0.2, 0) is 17.2 Å². The molecular formula is C14H19BrF4OSi. The van der Waals surface area contributed by atoms with E-state index in [1.54, 1.807) is 0 Å². The molecule has 0 amide bonds. The van der Waals surface area contributed by atoms with Crippen molar-refractivity contribution in [1.29, 1.82) is 0 Å². The third kappa shape index (κ3) is 4.53. The van der Waals surface area contributed by atoms with Crippen molar-refractivity contribution in [2.45, 2.75) is 51.7 Å². The van der Waals surface area contributed by atoms with Crippen LogP contribution in [0.3, 0.4) is 0 Å². The Hall–Kier alpha value is -0.403. The standard InChI is InChI=1S/C14H19BrF4OSi/c1-13(2,3)21(4,5)20-8-9-6-11(15)10(7-12(9)16)14(17,18)19/h6-7H,8H2,1-5H3. The van der Waals surface area contributed by atoms with Crippen LogP contribution in [-0.4, -0.2) is 8.32 Å². The molecule has 0 fully saturated rings. The van der Waals surface area contributed by atoms with E-state index in [-0.39, 0.29) is 21.7 Å². The molecule has 1 aromatic carbocycles. The number of rotatable bonds is 3. The predicted molar refractivity (Wildman–Crippen MR) is 81.1 cm³/mol. The minimum Gasteiger partial charge on any atom is -0.412 e. The molecule has 1 rings (SSSR count). The van der Waals surface area contributed by atoms with Gasteiger partial charge in [0.15, 0.2) is 8.32 Å². The van der Waals surface area contributed by atoms with Crippen molar-refractivity contribution in [2.75, 3.05) is 0 Å². The van der Waals surface area contributed by atoms with E-state index in [0.29, 0.717) is 6.07 Å². The van der Waals surface area contributed by atoms with Crippen LogP contribution >= 0.6 is 15.9 Å². The SMILES string of the molecule is CC(C)(C)[Si](C)(C)OCc1cc(Br)c(C(F)(F)F)cc1F. The summed E-state index contributed by atoms with van der Waals surface area (Å²) in [4.78, 5) is 0.